The molecule has 1 N–H and O–H groups in total. The zero-order valence-corrected chi connectivity index (χ0v) is 7.63. The van der Waals surface area contributed by atoms with Crippen LogP contribution in [0.5, 0.6) is 0 Å². The third kappa shape index (κ3) is 1.52. The van der Waals surface area contributed by atoms with Crippen molar-refractivity contribution in [2.75, 3.05) is 14.2 Å². The molecule has 1 aliphatic heterocycles. The summed E-state index contributed by atoms with van der Waals surface area (Å²) in [5.74, 6) is -0.963. The number of hydrogen-bond donors (Lipinski definition) is 1. The van der Waals surface area contributed by atoms with E-state index >= 15 is 0 Å². The molecule has 0 saturated carbocycles. The Hall–Kier alpha value is -0.780. The number of carboxylic acid groups (broad SMARTS) is 1. The summed E-state index contributed by atoms with van der Waals surface area (Å²) in [5.41, 5.74) is 0.216. The van der Waals surface area contributed by atoms with Crippen LogP contribution in [0, 0.1) is 0 Å². The molecule has 1 heterocycles. The average Bonchev–Trinajstić information content (AvgIpc) is 2.49. The molecule has 0 amide bonds. The Morgan fingerprint density at radius 1 is 1.50 bits per heavy atom. The van der Waals surface area contributed by atoms with Gasteiger partial charge in [-0.3, -0.25) is 8.37 Å². The molecule has 0 aliphatic carbocycles. The zero-order chi connectivity index (χ0) is 9.19. The lowest BCUT2D eigenvalue weighted by atomic mass is 10.3. The van der Waals surface area contributed by atoms with Crippen LogP contribution >= 0.6 is 10.6 Å². The predicted octanol–water partition coefficient (Wildman–Crippen LogP) is 1.41. The fraction of sp³-hybridized carbons (Fsp3) is 0.286. The second kappa shape index (κ2) is 3.30. The van der Waals surface area contributed by atoms with Crippen LogP contribution in [-0.2, 0) is 13.2 Å². The molecule has 0 saturated heterocycles. The lowest BCUT2D eigenvalue weighted by molar-refractivity contribution is -0.132. The van der Waals surface area contributed by atoms with Gasteiger partial charge in [-0.05, 0) is 6.08 Å². The van der Waals surface area contributed by atoms with Crippen molar-refractivity contribution in [1.82, 2.24) is 0 Å². The Morgan fingerprint density at radius 3 is 2.33 bits per heavy atom. The van der Waals surface area contributed by atoms with E-state index in [-0.39, 0.29) is 5.57 Å². The van der Waals surface area contributed by atoms with Gasteiger partial charge in [0.2, 0.25) is 0 Å². The lowest BCUT2D eigenvalue weighted by Gasteiger charge is -2.31. The standard InChI is InChI=1S/C7H10O4S/c1-10-12(11-2)4-3-6(5-12)7(8)9/h3-5H,1-2H3,(H,8,9). The van der Waals surface area contributed by atoms with Crippen LogP contribution in [-0.4, -0.2) is 25.3 Å². The second-order valence-corrected chi connectivity index (χ2v) is 4.46. The Bertz CT molecular complexity index is 252. The highest BCUT2D eigenvalue weighted by molar-refractivity contribution is 8.31. The maximum absolute atomic E-state index is 10.5. The summed E-state index contributed by atoms with van der Waals surface area (Å²) in [6, 6.07) is 0. The molecule has 0 radical (unpaired) electrons. The molecule has 1 aliphatic rings. The van der Waals surface area contributed by atoms with Crippen LogP contribution in [0.2, 0.25) is 0 Å². The molecule has 0 spiro atoms. The van der Waals surface area contributed by atoms with Gasteiger partial charge in [0.25, 0.3) is 0 Å². The molecule has 0 bridgehead atoms. The molecule has 68 valence electrons. The fourth-order valence-electron chi connectivity index (χ4n) is 0.821. The summed E-state index contributed by atoms with van der Waals surface area (Å²) in [5, 5.41) is 11.7. The van der Waals surface area contributed by atoms with Crippen molar-refractivity contribution in [3.05, 3.63) is 22.5 Å². The van der Waals surface area contributed by atoms with Gasteiger partial charge in [-0.15, -0.1) is 10.6 Å². The van der Waals surface area contributed by atoms with Crippen molar-refractivity contribution in [3.63, 3.8) is 0 Å². The quantitative estimate of drug-likeness (QED) is 0.731. The summed E-state index contributed by atoms with van der Waals surface area (Å²) in [4.78, 5) is 10.5. The Morgan fingerprint density at radius 2 is 2.08 bits per heavy atom. The third-order valence-electron chi connectivity index (χ3n) is 1.50. The summed E-state index contributed by atoms with van der Waals surface area (Å²) in [6.07, 6.45) is 1.49. The van der Waals surface area contributed by atoms with E-state index in [1.54, 1.807) is 5.41 Å². The molecule has 0 fully saturated rings. The Balaban J connectivity index is 2.89. The number of carbonyl (C=O) groups is 1. The SMILES string of the molecule is COS1(OC)C=CC(C(=O)O)=C1. The third-order valence-corrected chi connectivity index (χ3v) is 3.64. The number of rotatable bonds is 3. The van der Waals surface area contributed by atoms with Gasteiger partial charge in [0.1, 0.15) is 0 Å². The van der Waals surface area contributed by atoms with Crippen molar-refractivity contribution >= 4 is 16.6 Å². The summed E-state index contributed by atoms with van der Waals surface area (Å²) >= 11 is 0. The van der Waals surface area contributed by atoms with Gasteiger partial charge in [0.15, 0.2) is 0 Å². The van der Waals surface area contributed by atoms with E-state index in [1.165, 1.54) is 25.7 Å². The van der Waals surface area contributed by atoms with Gasteiger partial charge in [0, 0.05) is 10.8 Å². The van der Waals surface area contributed by atoms with Gasteiger partial charge in [-0.1, -0.05) is 0 Å². The highest BCUT2D eigenvalue weighted by atomic mass is 32.3. The molecule has 12 heavy (non-hydrogen) atoms. The van der Waals surface area contributed by atoms with Crippen molar-refractivity contribution in [3.8, 4) is 0 Å². The predicted molar refractivity (Wildman–Crippen MR) is 46.5 cm³/mol. The van der Waals surface area contributed by atoms with E-state index in [0.29, 0.717) is 0 Å². The van der Waals surface area contributed by atoms with E-state index in [1.807, 2.05) is 0 Å². The van der Waals surface area contributed by atoms with E-state index in [9.17, 15) is 4.79 Å². The molecule has 0 aromatic carbocycles. The largest absolute Gasteiger partial charge is 0.478 e. The molecular weight excluding hydrogens is 180 g/mol. The van der Waals surface area contributed by atoms with Gasteiger partial charge in [-0.25, -0.2) is 4.79 Å². The smallest absolute Gasteiger partial charge is 0.337 e. The van der Waals surface area contributed by atoms with Gasteiger partial charge in [-0.2, -0.15) is 0 Å². The van der Waals surface area contributed by atoms with Crippen LogP contribution < -0.4 is 0 Å². The lowest BCUT2D eigenvalue weighted by Crippen LogP contribution is -1.98. The molecule has 0 unspecified atom stereocenters. The Kier molecular flexibility index (Phi) is 2.56. The molecule has 4 nitrogen and oxygen atoms in total. The minimum absolute atomic E-state index is 0.216. The number of carboxylic acids is 1. The van der Waals surface area contributed by atoms with Crippen LogP contribution in [0.4, 0.5) is 0 Å². The molecular formula is C7H10O4S. The maximum atomic E-state index is 10.5. The van der Waals surface area contributed by atoms with Crippen molar-refractivity contribution < 1.29 is 18.3 Å². The highest BCUT2D eigenvalue weighted by Gasteiger charge is 2.21. The minimum Gasteiger partial charge on any atom is -0.478 e. The molecule has 0 aromatic heterocycles. The molecule has 0 atom stereocenters. The van der Waals surface area contributed by atoms with Gasteiger partial charge >= 0.3 is 5.97 Å². The molecule has 1 rings (SSSR count). The Labute approximate surface area is 72.2 Å². The monoisotopic (exact) mass is 190 g/mol. The maximum Gasteiger partial charge on any atom is 0.337 e. The van der Waals surface area contributed by atoms with Crippen LogP contribution in [0.15, 0.2) is 22.5 Å². The van der Waals surface area contributed by atoms with E-state index in [0.717, 1.165) is 0 Å². The first-order valence-corrected chi connectivity index (χ1v) is 4.82. The first kappa shape index (κ1) is 9.31. The second-order valence-electron chi connectivity index (χ2n) is 2.10. The summed E-state index contributed by atoms with van der Waals surface area (Å²) in [7, 11) is 1.13. The van der Waals surface area contributed by atoms with Crippen LogP contribution in [0.3, 0.4) is 0 Å². The van der Waals surface area contributed by atoms with Crippen molar-refractivity contribution in [2.24, 2.45) is 0 Å². The molecule has 5 heteroatoms. The summed E-state index contributed by atoms with van der Waals surface area (Å²) < 4.78 is 10.1. The van der Waals surface area contributed by atoms with E-state index in [4.69, 9.17) is 13.5 Å². The zero-order valence-electron chi connectivity index (χ0n) is 6.81. The normalized spacial score (nSPS) is 22.0. The fourth-order valence-corrected chi connectivity index (χ4v) is 2.32. The van der Waals surface area contributed by atoms with E-state index < -0.39 is 16.6 Å². The first-order chi connectivity index (χ1) is 5.63. The van der Waals surface area contributed by atoms with Crippen molar-refractivity contribution in [1.29, 1.82) is 0 Å². The first-order valence-electron chi connectivity index (χ1n) is 3.21. The highest BCUT2D eigenvalue weighted by Crippen LogP contribution is 2.56. The van der Waals surface area contributed by atoms with Crippen molar-refractivity contribution in [2.45, 2.75) is 0 Å². The van der Waals surface area contributed by atoms with Crippen LogP contribution in [0.1, 0.15) is 0 Å². The van der Waals surface area contributed by atoms with Gasteiger partial charge < -0.3 is 5.11 Å². The number of hydrogen-bond acceptors (Lipinski definition) is 3. The molecule has 0 aromatic rings. The topological polar surface area (TPSA) is 55.8 Å². The average molecular weight is 190 g/mol. The summed E-state index contributed by atoms with van der Waals surface area (Å²) in [6.45, 7) is 0. The number of aliphatic carboxylic acids is 1. The van der Waals surface area contributed by atoms with E-state index in [2.05, 4.69) is 0 Å². The van der Waals surface area contributed by atoms with Crippen LogP contribution in [0.25, 0.3) is 0 Å². The van der Waals surface area contributed by atoms with Gasteiger partial charge in [0.05, 0.1) is 19.8 Å². The minimum atomic E-state index is -1.85.